The van der Waals surface area contributed by atoms with Crippen LogP contribution in [0.15, 0.2) is 30.3 Å². The number of nitrogens with zero attached hydrogens (tertiary/aromatic N) is 2. The summed E-state index contributed by atoms with van der Waals surface area (Å²) in [6.07, 6.45) is 3.54. The molecule has 0 bridgehead atoms. The third-order valence-electron chi connectivity index (χ3n) is 7.70. The van der Waals surface area contributed by atoms with Crippen LogP contribution in [0, 0.1) is 0 Å². The van der Waals surface area contributed by atoms with E-state index in [1.165, 1.54) is 10.5 Å². The van der Waals surface area contributed by atoms with E-state index in [0.29, 0.717) is 31.7 Å². The number of primary amides is 1. The van der Waals surface area contributed by atoms with Gasteiger partial charge < -0.3 is 31.5 Å². The van der Waals surface area contributed by atoms with Crippen molar-refractivity contribution >= 4 is 23.8 Å². The maximum absolute atomic E-state index is 13.6. The van der Waals surface area contributed by atoms with Crippen LogP contribution >= 0.6 is 0 Å². The topological polar surface area (TPSA) is 137 Å². The number of hydrogen-bond donors (Lipinski definition) is 4. The second kappa shape index (κ2) is 10.6. The van der Waals surface area contributed by atoms with Gasteiger partial charge in [-0.15, -0.1) is 0 Å². The fourth-order valence-corrected chi connectivity index (χ4v) is 5.40. The first-order valence-electron chi connectivity index (χ1n) is 12.5. The highest BCUT2D eigenvalue weighted by Gasteiger charge is 2.46. The average molecular weight is 485 g/mol. The Balaban J connectivity index is 1.44. The highest BCUT2D eigenvalue weighted by Crippen LogP contribution is 2.37. The highest BCUT2D eigenvalue weighted by molar-refractivity contribution is 5.94. The van der Waals surface area contributed by atoms with Crippen LogP contribution in [-0.4, -0.2) is 83.9 Å². The molecule has 190 valence electrons. The average Bonchev–Trinajstić information content (AvgIpc) is 3.24. The molecule has 0 aromatic heterocycles. The second-order valence-corrected chi connectivity index (χ2v) is 9.92. The Bertz CT molecular complexity index is 951. The molecule has 0 spiro atoms. The van der Waals surface area contributed by atoms with Crippen molar-refractivity contribution in [3.8, 4) is 0 Å². The van der Waals surface area contributed by atoms with Gasteiger partial charge in [-0.1, -0.05) is 30.3 Å². The van der Waals surface area contributed by atoms with Crippen molar-refractivity contribution in [3.05, 3.63) is 35.9 Å². The minimum Gasteiger partial charge on any atom is -0.352 e. The largest absolute Gasteiger partial charge is 0.352 e. The normalized spacial score (nSPS) is 29.3. The first-order valence-corrected chi connectivity index (χ1v) is 12.5. The van der Waals surface area contributed by atoms with E-state index in [1.807, 2.05) is 18.2 Å². The first-order chi connectivity index (χ1) is 16.8. The number of carbonyl (C=O) groups is 4. The Morgan fingerprint density at radius 2 is 1.77 bits per heavy atom. The van der Waals surface area contributed by atoms with E-state index in [4.69, 9.17) is 5.73 Å². The maximum Gasteiger partial charge on any atom is 0.314 e. The molecule has 35 heavy (non-hydrogen) atoms. The van der Waals surface area contributed by atoms with E-state index in [-0.39, 0.29) is 36.3 Å². The van der Waals surface area contributed by atoms with Crippen molar-refractivity contribution in [1.82, 2.24) is 25.8 Å². The number of benzene rings is 1. The van der Waals surface area contributed by atoms with Crippen molar-refractivity contribution in [1.29, 1.82) is 0 Å². The van der Waals surface area contributed by atoms with E-state index < -0.39 is 24.2 Å². The predicted octanol–water partition coefficient (Wildman–Crippen LogP) is 0.286. The number of nitrogens with two attached hydrogens (primary N) is 1. The van der Waals surface area contributed by atoms with Gasteiger partial charge in [0.05, 0.1) is 12.6 Å². The standard InChI is InChI=1S/C25H36N6O4/c1-15(27-2)22(32)29-20-14-30(25(26)35)11-10-19-8-9-21(31(19)24(20)34)23(33)28-18-12-17(13-18)16-6-4-3-5-7-16/h3-7,15,17-21,27H,8-14H2,1-2H3,(H2,26,35)(H,28,33)(H,29,32)/t15-,17-,18-,19+,20-,21-/m0/s1. The fraction of sp³-hybridized carbons (Fsp3) is 0.600. The van der Waals surface area contributed by atoms with Gasteiger partial charge >= 0.3 is 6.03 Å². The third-order valence-corrected chi connectivity index (χ3v) is 7.70. The van der Waals surface area contributed by atoms with Crippen molar-refractivity contribution < 1.29 is 19.2 Å². The molecule has 5 amide bonds. The van der Waals surface area contributed by atoms with Crippen LogP contribution in [0.1, 0.15) is 50.5 Å². The Labute approximate surface area is 206 Å². The zero-order valence-electron chi connectivity index (χ0n) is 20.4. The van der Waals surface area contributed by atoms with Crippen LogP contribution in [-0.2, 0) is 14.4 Å². The van der Waals surface area contributed by atoms with Crippen molar-refractivity contribution in [3.63, 3.8) is 0 Å². The molecule has 2 heterocycles. The van der Waals surface area contributed by atoms with Crippen LogP contribution in [0.2, 0.25) is 0 Å². The molecule has 10 nitrogen and oxygen atoms in total. The molecule has 0 radical (unpaired) electrons. The lowest BCUT2D eigenvalue weighted by Crippen LogP contribution is -2.63. The van der Waals surface area contributed by atoms with Crippen LogP contribution in [0.4, 0.5) is 4.79 Å². The van der Waals surface area contributed by atoms with E-state index >= 15 is 0 Å². The highest BCUT2D eigenvalue weighted by atomic mass is 16.2. The van der Waals surface area contributed by atoms with Crippen LogP contribution < -0.4 is 21.7 Å². The lowest BCUT2D eigenvalue weighted by Gasteiger charge is -2.40. The smallest absolute Gasteiger partial charge is 0.314 e. The molecule has 10 heteroatoms. The molecule has 1 aliphatic carbocycles. The molecule has 2 saturated heterocycles. The summed E-state index contributed by atoms with van der Waals surface area (Å²) in [6.45, 7) is 2.04. The van der Waals surface area contributed by atoms with Crippen molar-refractivity contribution in [2.45, 2.75) is 75.2 Å². The lowest BCUT2D eigenvalue weighted by atomic mass is 9.76. The van der Waals surface area contributed by atoms with E-state index in [9.17, 15) is 19.2 Å². The molecular formula is C25H36N6O4. The molecular weight excluding hydrogens is 448 g/mol. The van der Waals surface area contributed by atoms with Gasteiger partial charge in [0.25, 0.3) is 0 Å². The molecule has 5 N–H and O–H groups in total. The van der Waals surface area contributed by atoms with Crippen LogP contribution in [0.5, 0.6) is 0 Å². The number of hydrogen-bond acceptors (Lipinski definition) is 5. The number of likely N-dealkylation sites (N-methyl/N-ethyl adjacent to an activating group) is 1. The summed E-state index contributed by atoms with van der Waals surface area (Å²) in [7, 11) is 1.65. The number of urea groups is 1. The minimum absolute atomic E-state index is 0.0186. The van der Waals surface area contributed by atoms with Crippen LogP contribution in [0.3, 0.4) is 0 Å². The Morgan fingerprint density at radius 1 is 1.06 bits per heavy atom. The van der Waals surface area contributed by atoms with E-state index in [1.54, 1.807) is 18.9 Å². The minimum atomic E-state index is -0.965. The summed E-state index contributed by atoms with van der Waals surface area (Å²) in [4.78, 5) is 54.4. The second-order valence-electron chi connectivity index (χ2n) is 9.92. The van der Waals surface area contributed by atoms with Gasteiger partial charge in [-0.05, 0) is 57.6 Å². The van der Waals surface area contributed by atoms with E-state index in [2.05, 4.69) is 28.1 Å². The Hall–Kier alpha value is -3.14. The zero-order valence-corrected chi connectivity index (χ0v) is 20.4. The fourth-order valence-electron chi connectivity index (χ4n) is 5.40. The number of nitrogens with one attached hydrogen (secondary N) is 3. The molecule has 1 aromatic carbocycles. The number of carbonyl (C=O) groups excluding carboxylic acids is 4. The summed E-state index contributed by atoms with van der Waals surface area (Å²) in [6, 6.07) is 7.50. The molecule has 2 aliphatic heterocycles. The summed E-state index contributed by atoms with van der Waals surface area (Å²) in [5.41, 5.74) is 6.81. The predicted molar refractivity (Wildman–Crippen MR) is 130 cm³/mol. The van der Waals surface area contributed by atoms with Gasteiger partial charge in [0.1, 0.15) is 12.1 Å². The maximum atomic E-state index is 13.6. The third kappa shape index (κ3) is 5.42. The summed E-state index contributed by atoms with van der Waals surface area (Å²) in [5, 5.41) is 8.75. The van der Waals surface area contributed by atoms with Crippen LogP contribution in [0.25, 0.3) is 0 Å². The van der Waals surface area contributed by atoms with Gasteiger partial charge in [-0.25, -0.2) is 4.79 Å². The Morgan fingerprint density at radius 3 is 2.43 bits per heavy atom. The van der Waals surface area contributed by atoms with Gasteiger partial charge in [0, 0.05) is 18.6 Å². The van der Waals surface area contributed by atoms with E-state index in [0.717, 1.165) is 12.8 Å². The zero-order chi connectivity index (χ0) is 25.1. The lowest BCUT2D eigenvalue weighted by molar-refractivity contribution is -0.145. The summed E-state index contributed by atoms with van der Waals surface area (Å²) >= 11 is 0. The number of rotatable bonds is 6. The van der Waals surface area contributed by atoms with Crippen molar-refractivity contribution in [2.75, 3.05) is 20.1 Å². The molecule has 3 fully saturated rings. The molecule has 1 saturated carbocycles. The summed E-state index contributed by atoms with van der Waals surface area (Å²) < 4.78 is 0. The molecule has 0 unspecified atom stereocenters. The van der Waals surface area contributed by atoms with Gasteiger partial charge in [0.2, 0.25) is 17.7 Å². The Kier molecular flexibility index (Phi) is 7.59. The molecule has 3 aliphatic rings. The molecule has 4 atom stereocenters. The quantitative estimate of drug-likeness (QED) is 0.460. The number of fused-ring (bicyclic) bond motifs is 1. The van der Waals surface area contributed by atoms with Gasteiger partial charge in [-0.2, -0.15) is 0 Å². The van der Waals surface area contributed by atoms with Gasteiger partial charge in [0.15, 0.2) is 0 Å². The molecule has 1 aromatic rings. The van der Waals surface area contributed by atoms with Crippen molar-refractivity contribution in [2.24, 2.45) is 5.73 Å². The first kappa shape index (κ1) is 25.0. The number of amides is 5. The summed E-state index contributed by atoms with van der Waals surface area (Å²) in [5.74, 6) is -0.395. The molecule has 4 rings (SSSR count). The van der Waals surface area contributed by atoms with Gasteiger partial charge in [-0.3, -0.25) is 14.4 Å². The SMILES string of the molecule is CN[C@@H](C)C(=O)N[C@H]1CN(C(N)=O)CC[C@H]2CC[C@@H](C(=O)N[C@H]3C[C@H](c4ccccc4)C3)N2C1=O. The monoisotopic (exact) mass is 484 g/mol.